The molecule has 198 valence electrons. The van der Waals surface area contributed by atoms with Crippen LogP contribution in [-0.4, -0.2) is 46.5 Å². The van der Waals surface area contributed by atoms with Crippen LogP contribution in [0.25, 0.3) is 5.78 Å². The van der Waals surface area contributed by atoms with Crippen LogP contribution in [0.5, 0.6) is 5.88 Å². The maximum atomic E-state index is 13.5. The highest BCUT2D eigenvalue weighted by Crippen LogP contribution is 2.15. The molecule has 12 nitrogen and oxygen atoms in total. The Morgan fingerprint density at radius 3 is 2.49 bits per heavy atom. The van der Waals surface area contributed by atoms with Gasteiger partial charge in [0.25, 0.3) is 17.6 Å². The summed E-state index contributed by atoms with van der Waals surface area (Å²) < 4.78 is 14.8. The number of carbonyl (C=O) groups is 2. The highest BCUT2D eigenvalue weighted by atomic mass is 19.1. The molecule has 0 aliphatic carbocycles. The second-order valence-electron chi connectivity index (χ2n) is 8.85. The van der Waals surface area contributed by atoms with Crippen molar-refractivity contribution in [3.63, 3.8) is 0 Å². The summed E-state index contributed by atoms with van der Waals surface area (Å²) in [4.78, 5) is 50.3. The number of amides is 2. The van der Waals surface area contributed by atoms with Crippen molar-refractivity contribution in [3.05, 3.63) is 110 Å². The zero-order valence-corrected chi connectivity index (χ0v) is 20.7. The Morgan fingerprint density at radius 1 is 1.00 bits per heavy atom. The average Bonchev–Trinajstić information content (AvgIpc) is 3.52. The van der Waals surface area contributed by atoms with Crippen molar-refractivity contribution >= 4 is 17.6 Å². The number of nitrogens with zero attached hydrogens (tertiary/aromatic N) is 4. The fraction of sp³-hybridized carbons (Fsp3) is 0.154. The van der Waals surface area contributed by atoms with Gasteiger partial charge in [-0.05, 0) is 35.2 Å². The number of hydrogen-bond acceptors (Lipinski definition) is 7. The minimum absolute atomic E-state index is 0.0261. The Bertz CT molecular complexity index is 1760. The molecule has 0 bridgehead atoms. The van der Waals surface area contributed by atoms with E-state index in [1.54, 1.807) is 25.1 Å². The lowest BCUT2D eigenvalue weighted by molar-refractivity contribution is 0.0942. The number of hydrogen-bond donors (Lipinski definition) is 5. The smallest absolute Gasteiger partial charge is 0.325 e. The maximum Gasteiger partial charge on any atom is 0.325 e. The summed E-state index contributed by atoms with van der Waals surface area (Å²) in [7, 11) is 0. The first-order valence-electron chi connectivity index (χ1n) is 11.9. The summed E-state index contributed by atoms with van der Waals surface area (Å²) >= 11 is 0. The first-order chi connectivity index (χ1) is 18.8. The third-order valence-corrected chi connectivity index (χ3v) is 6.00. The lowest BCUT2D eigenvalue weighted by Crippen LogP contribution is -2.28. The second-order valence-corrected chi connectivity index (χ2v) is 8.85. The molecule has 2 aromatic carbocycles. The largest absolute Gasteiger partial charge is 0.493 e. The molecule has 0 aliphatic rings. The molecule has 2 amide bonds. The highest BCUT2D eigenvalue weighted by Gasteiger charge is 2.18. The Labute approximate surface area is 220 Å². The van der Waals surface area contributed by atoms with Gasteiger partial charge in [0, 0.05) is 25.6 Å². The lowest BCUT2D eigenvalue weighted by Gasteiger charge is -2.10. The summed E-state index contributed by atoms with van der Waals surface area (Å²) in [6, 6.07) is 13.1. The number of fused-ring (bicyclic) bond motifs is 1. The van der Waals surface area contributed by atoms with Gasteiger partial charge in [0.05, 0.1) is 5.69 Å². The van der Waals surface area contributed by atoms with E-state index in [1.165, 1.54) is 23.0 Å². The van der Waals surface area contributed by atoms with E-state index in [4.69, 9.17) is 0 Å². The highest BCUT2D eigenvalue weighted by molar-refractivity contribution is 5.98. The van der Waals surface area contributed by atoms with Gasteiger partial charge >= 0.3 is 5.69 Å². The summed E-state index contributed by atoms with van der Waals surface area (Å²) in [6.45, 7) is 1.94. The number of rotatable bonds is 8. The van der Waals surface area contributed by atoms with Gasteiger partial charge in [-0.2, -0.15) is 14.6 Å². The summed E-state index contributed by atoms with van der Waals surface area (Å²) in [5, 5.41) is 19.4. The second kappa shape index (κ2) is 10.6. The molecule has 0 radical (unpaired) electrons. The van der Waals surface area contributed by atoms with Gasteiger partial charge in [0.15, 0.2) is 0 Å². The molecular formula is C26H23FN8O4. The first-order valence-corrected chi connectivity index (χ1v) is 11.9. The molecule has 0 atom stereocenters. The van der Waals surface area contributed by atoms with Crippen LogP contribution in [0.2, 0.25) is 0 Å². The van der Waals surface area contributed by atoms with Crippen LogP contribution in [0, 0.1) is 12.7 Å². The van der Waals surface area contributed by atoms with Gasteiger partial charge in [-0.25, -0.2) is 14.2 Å². The Kier molecular flexibility index (Phi) is 6.87. The van der Waals surface area contributed by atoms with Crippen LogP contribution in [-0.2, 0) is 19.5 Å². The Balaban J connectivity index is 1.29. The number of carbonyl (C=O) groups excluding carboxylic acids is 2. The molecule has 3 aromatic heterocycles. The van der Waals surface area contributed by atoms with Crippen LogP contribution in [0.3, 0.4) is 0 Å². The van der Waals surface area contributed by atoms with E-state index in [0.29, 0.717) is 16.8 Å². The van der Waals surface area contributed by atoms with Crippen LogP contribution in [0.4, 0.5) is 4.39 Å². The van der Waals surface area contributed by atoms with Gasteiger partial charge in [-0.1, -0.05) is 36.4 Å². The van der Waals surface area contributed by atoms with Crippen molar-refractivity contribution in [1.29, 1.82) is 0 Å². The van der Waals surface area contributed by atoms with E-state index >= 15 is 0 Å². The van der Waals surface area contributed by atoms with E-state index in [9.17, 15) is 23.9 Å². The SMILES string of the molecule is Cc1cc(CNC(=O)c2cc(C(=O)NCc3cccc(Cc4[nH]c(=O)[nH]c4O)c3)n3ncnc3n2)ccc1F. The topological polar surface area (TPSA) is 170 Å². The molecule has 0 spiro atoms. The number of aryl methyl sites for hydroxylation is 1. The number of aromatic hydroxyl groups is 1. The van der Waals surface area contributed by atoms with Gasteiger partial charge in [-0.15, -0.1) is 0 Å². The van der Waals surface area contributed by atoms with Gasteiger partial charge in [0.1, 0.15) is 23.5 Å². The lowest BCUT2D eigenvalue weighted by atomic mass is 10.1. The van der Waals surface area contributed by atoms with Crippen LogP contribution >= 0.6 is 0 Å². The molecule has 0 saturated heterocycles. The zero-order chi connectivity index (χ0) is 27.5. The molecule has 0 saturated carbocycles. The molecule has 0 aliphatic heterocycles. The number of benzene rings is 2. The van der Waals surface area contributed by atoms with Gasteiger partial charge in [-0.3, -0.25) is 14.6 Å². The third kappa shape index (κ3) is 5.66. The van der Waals surface area contributed by atoms with E-state index < -0.39 is 17.5 Å². The fourth-order valence-corrected chi connectivity index (χ4v) is 4.04. The van der Waals surface area contributed by atoms with Crippen LogP contribution < -0.4 is 16.3 Å². The summed E-state index contributed by atoms with van der Waals surface area (Å²) in [6.07, 6.45) is 1.51. The molecule has 0 fully saturated rings. The molecule has 5 N–H and O–H groups in total. The monoisotopic (exact) mass is 530 g/mol. The normalized spacial score (nSPS) is 11.0. The molecule has 39 heavy (non-hydrogen) atoms. The van der Waals surface area contributed by atoms with Crippen molar-refractivity contribution in [1.82, 2.24) is 40.2 Å². The molecule has 5 aromatic rings. The van der Waals surface area contributed by atoms with E-state index in [0.717, 1.165) is 11.1 Å². The number of aromatic nitrogens is 6. The number of H-pyrrole nitrogens is 2. The summed E-state index contributed by atoms with van der Waals surface area (Å²) in [5.74, 6) is -1.51. The van der Waals surface area contributed by atoms with E-state index in [1.807, 2.05) is 18.2 Å². The molecule has 3 heterocycles. The zero-order valence-electron chi connectivity index (χ0n) is 20.7. The van der Waals surface area contributed by atoms with Crippen LogP contribution in [0.1, 0.15) is 48.9 Å². The molecular weight excluding hydrogens is 507 g/mol. The van der Waals surface area contributed by atoms with Gasteiger partial charge in [0.2, 0.25) is 5.88 Å². The maximum absolute atomic E-state index is 13.5. The van der Waals surface area contributed by atoms with Crippen molar-refractivity contribution < 1.29 is 19.1 Å². The Hall–Kier alpha value is -5.33. The molecule has 5 rings (SSSR count). The number of halogens is 1. The van der Waals surface area contributed by atoms with Crippen molar-refractivity contribution in [2.24, 2.45) is 0 Å². The van der Waals surface area contributed by atoms with Gasteiger partial charge < -0.3 is 20.7 Å². The number of imidazole rings is 1. The predicted octanol–water partition coefficient (Wildman–Crippen LogP) is 1.74. The van der Waals surface area contributed by atoms with Crippen LogP contribution in [0.15, 0.2) is 59.7 Å². The van der Waals surface area contributed by atoms with Crippen molar-refractivity contribution in [2.75, 3.05) is 0 Å². The quantitative estimate of drug-likeness (QED) is 0.203. The standard InChI is InChI=1S/C26H23FN8O4/c1-14-7-17(5-6-18(14)27)12-28-22(36)20-10-21(35-25(32-20)30-13-31-35)24(38)29-11-16-4-2-3-15(8-16)9-19-23(37)34-26(39)33-19/h2-8,10,13,37H,9,11-12H2,1H3,(H,28,36)(H,29,38)(H2,33,34,39). The third-order valence-electron chi connectivity index (χ3n) is 6.00. The van der Waals surface area contributed by atoms with Crippen molar-refractivity contribution in [3.8, 4) is 5.88 Å². The number of nitrogens with one attached hydrogen (secondary N) is 4. The van der Waals surface area contributed by atoms with E-state index in [2.05, 4.69) is 35.7 Å². The minimum atomic E-state index is -0.532. The molecule has 0 unspecified atom stereocenters. The molecule has 13 heteroatoms. The number of aromatic amines is 2. The van der Waals surface area contributed by atoms with Crippen molar-refractivity contribution in [2.45, 2.75) is 26.4 Å². The fourth-order valence-electron chi connectivity index (χ4n) is 4.04. The summed E-state index contributed by atoms with van der Waals surface area (Å²) in [5.41, 5.74) is 2.65. The minimum Gasteiger partial charge on any atom is -0.493 e. The average molecular weight is 531 g/mol. The predicted molar refractivity (Wildman–Crippen MR) is 137 cm³/mol. The first kappa shape index (κ1) is 25.3. The van der Waals surface area contributed by atoms with E-state index in [-0.39, 0.29) is 48.4 Å². The Morgan fingerprint density at radius 2 is 1.74 bits per heavy atom.